The van der Waals surface area contributed by atoms with Crippen molar-refractivity contribution in [2.24, 2.45) is 0 Å². The third kappa shape index (κ3) is 3.24. The monoisotopic (exact) mass is 247 g/mol. The summed E-state index contributed by atoms with van der Waals surface area (Å²) >= 11 is 0. The van der Waals surface area contributed by atoms with Crippen molar-refractivity contribution in [2.75, 3.05) is 6.54 Å². The molecule has 0 aliphatic rings. The number of furan rings is 1. The largest absolute Gasteiger partial charge is 0.459 e. The Morgan fingerprint density at radius 3 is 2.83 bits per heavy atom. The lowest BCUT2D eigenvalue weighted by Crippen LogP contribution is -2.36. The van der Waals surface area contributed by atoms with Crippen molar-refractivity contribution in [2.45, 2.75) is 6.54 Å². The molecule has 0 aliphatic heterocycles. The summed E-state index contributed by atoms with van der Waals surface area (Å²) in [5.41, 5.74) is 0.973. The van der Waals surface area contributed by atoms with Gasteiger partial charge in [-0.3, -0.25) is 9.59 Å². The lowest BCUT2D eigenvalue weighted by molar-refractivity contribution is -0.120. The van der Waals surface area contributed by atoms with Crippen LogP contribution in [0.1, 0.15) is 16.1 Å². The molecule has 0 aromatic carbocycles. The predicted molar refractivity (Wildman–Crippen MR) is 63.7 cm³/mol. The molecule has 0 atom stereocenters. The Bertz CT molecular complexity index is 503. The maximum Gasteiger partial charge on any atom is 0.287 e. The first-order valence-electron chi connectivity index (χ1n) is 5.46. The van der Waals surface area contributed by atoms with Crippen LogP contribution in [0, 0.1) is 0 Å². The van der Waals surface area contributed by atoms with Gasteiger partial charge >= 0.3 is 0 Å². The molecule has 2 aromatic rings. The van der Waals surface area contributed by atoms with Crippen LogP contribution >= 0.6 is 0 Å². The van der Waals surface area contributed by atoms with Crippen LogP contribution in [0.3, 0.4) is 0 Å². The molecular weight excluding hydrogens is 234 g/mol. The molecule has 3 N–H and O–H groups in total. The summed E-state index contributed by atoms with van der Waals surface area (Å²) in [5.74, 6) is -0.471. The summed E-state index contributed by atoms with van der Waals surface area (Å²) in [7, 11) is 0. The number of aromatic nitrogens is 1. The highest BCUT2D eigenvalue weighted by Crippen LogP contribution is 1.98. The molecule has 0 saturated carbocycles. The highest BCUT2D eigenvalue weighted by atomic mass is 16.3. The summed E-state index contributed by atoms with van der Waals surface area (Å²) in [5, 5.41) is 5.14. The van der Waals surface area contributed by atoms with Gasteiger partial charge in [0.1, 0.15) is 0 Å². The number of hydrogen-bond donors (Lipinski definition) is 3. The Kier molecular flexibility index (Phi) is 3.80. The van der Waals surface area contributed by atoms with E-state index in [1.807, 2.05) is 6.07 Å². The van der Waals surface area contributed by atoms with Gasteiger partial charge in [-0.05, 0) is 23.8 Å². The molecule has 94 valence electrons. The number of carbonyl (C=O) groups excluding carboxylic acids is 2. The fraction of sp³-hybridized carbons (Fsp3) is 0.167. The molecule has 0 unspecified atom stereocenters. The molecule has 0 fully saturated rings. The van der Waals surface area contributed by atoms with E-state index in [1.165, 1.54) is 12.3 Å². The molecule has 6 heteroatoms. The highest BCUT2D eigenvalue weighted by molar-refractivity contribution is 5.94. The molecule has 2 rings (SSSR count). The molecule has 0 spiro atoms. The van der Waals surface area contributed by atoms with Crippen molar-refractivity contribution in [1.82, 2.24) is 15.6 Å². The molecule has 0 aliphatic carbocycles. The lowest BCUT2D eigenvalue weighted by atomic mass is 10.3. The lowest BCUT2D eigenvalue weighted by Gasteiger charge is -2.04. The van der Waals surface area contributed by atoms with Crippen molar-refractivity contribution in [3.63, 3.8) is 0 Å². The number of hydrogen-bond acceptors (Lipinski definition) is 3. The minimum atomic E-state index is -0.406. The highest BCUT2D eigenvalue weighted by Gasteiger charge is 2.09. The van der Waals surface area contributed by atoms with Gasteiger partial charge in [0.2, 0.25) is 5.91 Å². The van der Waals surface area contributed by atoms with Crippen LogP contribution in [0.4, 0.5) is 0 Å². The van der Waals surface area contributed by atoms with E-state index in [1.54, 1.807) is 18.5 Å². The first-order valence-corrected chi connectivity index (χ1v) is 5.46. The molecule has 18 heavy (non-hydrogen) atoms. The smallest absolute Gasteiger partial charge is 0.287 e. The topological polar surface area (TPSA) is 87.1 Å². The normalized spacial score (nSPS) is 10.0. The van der Waals surface area contributed by atoms with Gasteiger partial charge in [0.25, 0.3) is 5.91 Å². The van der Waals surface area contributed by atoms with Crippen molar-refractivity contribution in [3.8, 4) is 0 Å². The Morgan fingerprint density at radius 2 is 2.17 bits per heavy atom. The summed E-state index contributed by atoms with van der Waals surface area (Å²) < 4.78 is 4.90. The number of aromatic amines is 1. The van der Waals surface area contributed by atoms with Crippen LogP contribution in [-0.2, 0) is 11.3 Å². The predicted octanol–water partition coefficient (Wildman–Crippen LogP) is 0.654. The Balaban J connectivity index is 1.70. The van der Waals surface area contributed by atoms with E-state index in [4.69, 9.17) is 4.42 Å². The number of amides is 2. The van der Waals surface area contributed by atoms with Crippen molar-refractivity contribution >= 4 is 11.8 Å². The van der Waals surface area contributed by atoms with Crippen LogP contribution in [0.15, 0.2) is 41.3 Å². The van der Waals surface area contributed by atoms with Crippen LogP contribution in [0.25, 0.3) is 0 Å². The summed E-state index contributed by atoms with van der Waals surface area (Å²) in [6, 6.07) is 5.01. The zero-order valence-corrected chi connectivity index (χ0v) is 9.60. The van der Waals surface area contributed by atoms with Crippen LogP contribution in [0.2, 0.25) is 0 Å². The number of carbonyl (C=O) groups is 2. The van der Waals surface area contributed by atoms with E-state index < -0.39 is 5.91 Å². The maximum atomic E-state index is 11.5. The van der Waals surface area contributed by atoms with Crippen LogP contribution in [0.5, 0.6) is 0 Å². The second-order valence-corrected chi connectivity index (χ2v) is 3.66. The quantitative estimate of drug-likeness (QED) is 0.725. The first-order chi connectivity index (χ1) is 8.75. The van der Waals surface area contributed by atoms with Crippen molar-refractivity contribution < 1.29 is 14.0 Å². The molecular formula is C12H13N3O3. The van der Waals surface area contributed by atoms with E-state index in [-0.39, 0.29) is 18.2 Å². The summed E-state index contributed by atoms with van der Waals surface area (Å²) in [6.07, 6.45) is 4.97. The van der Waals surface area contributed by atoms with Gasteiger partial charge in [0, 0.05) is 18.9 Å². The Hall–Kier alpha value is -2.50. The zero-order chi connectivity index (χ0) is 12.8. The van der Waals surface area contributed by atoms with Crippen molar-refractivity contribution in [3.05, 3.63) is 48.2 Å². The maximum absolute atomic E-state index is 11.5. The molecule has 6 nitrogen and oxygen atoms in total. The average molecular weight is 247 g/mol. The van der Waals surface area contributed by atoms with Crippen LogP contribution in [-0.4, -0.2) is 23.3 Å². The standard InChI is InChI=1S/C12H13N3O3/c16-11(14-7-9-3-4-13-6-9)8-15-12(17)10-2-1-5-18-10/h1-6,13H,7-8H2,(H,14,16)(H,15,17). The number of nitrogens with one attached hydrogen (secondary N) is 3. The van der Waals surface area contributed by atoms with Gasteiger partial charge in [0.15, 0.2) is 5.76 Å². The SMILES string of the molecule is O=C(CNC(=O)c1ccco1)NCc1cc[nH]c1. The van der Waals surface area contributed by atoms with E-state index in [2.05, 4.69) is 15.6 Å². The molecule has 0 bridgehead atoms. The fourth-order valence-electron chi connectivity index (χ4n) is 1.39. The van der Waals surface area contributed by atoms with Gasteiger partial charge in [-0.25, -0.2) is 0 Å². The van der Waals surface area contributed by atoms with Gasteiger partial charge in [-0.2, -0.15) is 0 Å². The third-order valence-electron chi connectivity index (χ3n) is 2.31. The second-order valence-electron chi connectivity index (χ2n) is 3.66. The summed E-state index contributed by atoms with van der Waals surface area (Å²) in [4.78, 5) is 25.8. The van der Waals surface area contributed by atoms with E-state index >= 15 is 0 Å². The molecule has 0 saturated heterocycles. The molecule has 2 aromatic heterocycles. The van der Waals surface area contributed by atoms with Crippen LogP contribution < -0.4 is 10.6 Å². The van der Waals surface area contributed by atoms with E-state index in [0.29, 0.717) is 6.54 Å². The Labute approximate surface area is 103 Å². The first kappa shape index (κ1) is 12.0. The van der Waals surface area contributed by atoms with E-state index in [9.17, 15) is 9.59 Å². The molecule has 0 radical (unpaired) electrons. The van der Waals surface area contributed by atoms with Gasteiger partial charge in [0.05, 0.1) is 12.8 Å². The average Bonchev–Trinajstić information content (AvgIpc) is 3.05. The fourth-order valence-corrected chi connectivity index (χ4v) is 1.39. The van der Waals surface area contributed by atoms with E-state index in [0.717, 1.165) is 5.56 Å². The minimum absolute atomic E-state index is 0.0794. The zero-order valence-electron chi connectivity index (χ0n) is 9.60. The Morgan fingerprint density at radius 1 is 1.28 bits per heavy atom. The third-order valence-corrected chi connectivity index (χ3v) is 2.31. The van der Waals surface area contributed by atoms with Gasteiger partial charge in [-0.15, -0.1) is 0 Å². The molecule has 2 heterocycles. The molecule has 2 amide bonds. The second kappa shape index (κ2) is 5.72. The van der Waals surface area contributed by atoms with Crippen molar-refractivity contribution in [1.29, 1.82) is 0 Å². The van der Waals surface area contributed by atoms with Gasteiger partial charge in [-0.1, -0.05) is 0 Å². The number of H-pyrrole nitrogens is 1. The number of rotatable bonds is 5. The summed E-state index contributed by atoms with van der Waals surface area (Å²) in [6.45, 7) is 0.350. The minimum Gasteiger partial charge on any atom is -0.459 e. The van der Waals surface area contributed by atoms with Gasteiger partial charge < -0.3 is 20.0 Å².